The van der Waals surface area contributed by atoms with Crippen LogP contribution in [0.15, 0.2) is 12.4 Å². The Bertz CT molecular complexity index is 692. The summed E-state index contributed by atoms with van der Waals surface area (Å²) in [5, 5.41) is 16.4. The number of aromatic nitrogens is 3. The molecule has 0 aliphatic rings. The monoisotopic (exact) mass is 322 g/mol. The first-order valence-corrected chi connectivity index (χ1v) is 7.74. The zero-order chi connectivity index (χ0) is 16.3. The number of hydrogen-bond acceptors (Lipinski definition) is 5. The van der Waals surface area contributed by atoms with Crippen molar-refractivity contribution >= 4 is 23.2 Å². The molecule has 0 aliphatic carbocycles. The fourth-order valence-electron chi connectivity index (χ4n) is 2.03. The number of aryl methyl sites for hydroxylation is 2. The Balaban J connectivity index is 2.20. The second-order valence-electron chi connectivity index (χ2n) is 4.99. The van der Waals surface area contributed by atoms with Crippen LogP contribution in [0.2, 0.25) is 0 Å². The number of rotatable bonds is 6. The zero-order valence-corrected chi connectivity index (χ0v) is 13.5. The van der Waals surface area contributed by atoms with Crippen molar-refractivity contribution in [1.82, 2.24) is 20.1 Å². The maximum Gasteiger partial charge on any atom is 0.326 e. The van der Waals surface area contributed by atoms with Crippen LogP contribution in [-0.2, 0) is 11.8 Å². The van der Waals surface area contributed by atoms with Crippen molar-refractivity contribution in [2.75, 3.05) is 0 Å². The molecule has 0 fully saturated rings. The molecule has 2 aromatic rings. The summed E-state index contributed by atoms with van der Waals surface area (Å²) < 4.78 is 1.66. The molecule has 22 heavy (non-hydrogen) atoms. The Morgan fingerprint density at radius 1 is 1.50 bits per heavy atom. The van der Waals surface area contributed by atoms with Gasteiger partial charge in [-0.25, -0.2) is 9.78 Å². The highest BCUT2D eigenvalue weighted by Crippen LogP contribution is 2.27. The third kappa shape index (κ3) is 3.51. The van der Waals surface area contributed by atoms with Gasteiger partial charge in [-0.05, 0) is 13.3 Å². The molecule has 0 radical (unpaired) electrons. The number of aliphatic carboxylic acids is 1. The molecule has 0 spiro atoms. The zero-order valence-electron chi connectivity index (χ0n) is 12.7. The lowest BCUT2D eigenvalue weighted by molar-refractivity contribution is -0.139. The van der Waals surface area contributed by atoms with Crippen LogP contribution < -0.4 is 5.32 Å². The van der Waals surface area contributed by atoms with E-state index in [1.165, 1.54) is 11.3 Å². The van der Waals surface area contributed by atoms with E-state index in [-0.39, 0.29) is 0 Å². The van der Waals surface area contributed by atoms with Gasteiger partial charge in [-0.2, -0.15) is 5.10 Å². The maximum atomic E-state index is 12.3. The molecule has 1 unspecified atom stereocenters. The van der Waals surface area contributed by atoms with Crippen LogP contribution in [0.1, 0.15) is 35.1 Å². The second kappa shape index (κ2) is 6.69. The van der Waals surface area contributed by atoms with Crippen molar-refractivity contribution in [1.29, 1.82) is 0 Å². The molecule has 8 heteroatoms. The van der Waals surface area contributed by atoms with E-state index in [1.807, 2.05) is 13.1 Å². The normalized spacial score (nSPS) is 12.1. The molecule has 118 valence electrons. The number of thiazole rings is 1. The van der Waals surface area contributed by atoms with Crippen LogP contribution in [0.4, 0.5) is 0 Å². The summed E-state index contributed by atoms with van der Waals surface area (Å²) >= 11 is 1.24. The Labute approximate surface area is 132 Å². The number of amides is 1. The molecule has 2 rings (SSSR count). The predicted octanol–water partition coefficient (Wildman–Crippen LogP) is 1.84. The van der Waals surface area contributed by atoms with Gasteiger partial charge in [0, 0.05) is 18.8 Å². The molecule has 0 aromatic carbocycles. The van der Waals surface area contributed by atoms with E-state index < -0.39 is 17.9 Å². The topological polar surface area (TPSA) is 97.1 Å². The van der Waals surface area contributed by atoms with E-state index in [2.05, 4.69) is 15.4 Å². The van der Waals surface area contributed by atoms with E-state index in [4.69, 9.17) is 5.11 Å². The fourth-order valence-corrected chi connectivity index (χ4v) is 2.98. The third-order valence-electron chi connectivity index (χ3n) is 3.14. The van der Waals surface area contributed by atoms with Gasteiger partial charge in [0.2, 0.25) is 0 Å². The molecule has 2 heterocycles. The standard InChI is InChI=1S/C14H18N4O3S/c1-4-5-10(14(20)21)17-12(19)11-8(2)16-13(22-11)9-6-15-18(3)7-9/h6-7,10H,4-5H2,1-3H3,(H,17,19)(H,20,21). The van der Waals surface area contributed by atoms with Crippen molar-refractivity contribution in [3.05, 3.63) is 23.0 Å². The predicted molar refractivity (Wildman–Crippen MR) is 82.9 cm³/mol. The first-order valence-electron chi connectivity index (χ1n) is 6.92. The number of carbonyl (C=O) groups is 2. The number of carboxylic acid groups (broad SMARTS) is 1. The average Bonchev–Trinajstić information content (AvgIpc) is 3.04. The molecule has 0 saturated carbocycles. The minimum absolute atomic E-state index is 0.397. The summed E-state index contributed by atoms with van der Waals surface area (Å²) in [6, 6.07) is -0.874. The highest BCUT2D eigenvalue weighted by Gasteiger charge is 2.23. The molecule has 2 aromatic heterocycles. The lowest BCUT2D eigenvalue weighted by atomic mass is 10.1. The largest absolute Gasteiger partial charge is 0.480 e. The molecular weight excluding hydrogens is 304 g/mol. The van der Waals surface area contributed by atoms with Crippen molar-refractivity contribution in [2.45, 2.75) is 32.7 Å². The summed E-state index contributed by atoms with van der Waals surface area (Å²) in [6.07, 6.45) is 4.57. The Morgan fingerprint density at radius 2 is 2.23 bits per heavy atom. The lowest BCUT2D eigenvalue weighted by Crippen LogP contribution is -2.40. The molecule has 2 N–H and O–H groups in total. The number of nitrogens with zero attached hydrogens (tertiary/aromatic N) is 3. The van der Waals surface area contributed by atoms with E-state index in [9.17, 15) is 9.59 Å². The van der Waals surface area contributed by atoms with Crippen molar-refractivity contribution in [3.8, 4) is 10.6 Å². The molecule has 0 saturated heterocycles. The lowest BCUT2D eigenvalue weighted by Gasteiger charge is -2.12. The smallest absolute Gasteiger partial charge is 0.326 e. The molecule has 1 amide bonds. The van der Waals surface area contributed by atoms with Gasteiger partial charge >= 0.3 is 5.97 Å². The summed E-state index contributed by atoms with van der Waals surface area (Å²) in [4.78, 5) is 28.2. The number of nitrogens with one attached hydrogen (secondary N) is 1. The fraction of sp³-hybridized carbons (Fsp3) is 0.429. The van der Waals surface area contributed by atoms with Gasteiger partial charge in [-0.1, -0.05) is 13.3 Å². The first kappa shape index (κ1) is 16.2. The Morgan fingerprint density at radius 3 is 2.77 bits per heavy atom. The van der Waals surface area contributed by atoms with Crippen molar-refractivity contribution in [3.63, 3.8) is 0 Å². The van der Waals surface area contributed by atoms with Crippen LogP contribution in [-0.4, -0.2) is 37.8 Å². The molecule has 0 aliphatic heterocycles. The van der Waals surface area contributed by atoms with Crippen LogP contribution in [0, 0.1) is 6.92 Å². The van der Waals surface area contributed by atoms with Crippen LogP contribution in [0.25, 0.3) is 10.6 Å². The first-order chi connectivity index (χ1) is 10.4. The molecule has 0 bridgehead atoms. The number of hydrogen-bond donors (Lipinski definition) is 2. The van der Waals surface area contributed by atoms with E-state index in [0.717, 1.165) is 5.56 Å². The van der Waals surface area contributed by atoms with Crippen molar-refractivity contribution < 1.29 is 14.7 Å². The summed E-state index contributed by atoms with van der Waals surface area (Å²) in [5.74, 6) is -1.42. The summed E-state index contributed by atoms with van der Waals surface area (Å²) in [5.41, 5.74) is 1.42. The third-order valence-corrected chi connectivity index (χ3v) is 4.34. The minimum atomic E-state index is -1.02. The Kier molecular flexibility index (Phi) is 4.92. The van der Waals surface area contributed by atoms with Gasteiger partial charge in [0.15, 0.2) is 0 Å². The molecule has 7 nitrogen and oxygen atoms in total. The van der Waals surface area contributed by atoms with Crippen LogP contribution in [0.3, 0.4) is 0 Å². The SMILES string of the molecule is CCCC(NC(=O)c1sc(-c2cnn(C)c2)nc1C)C(=O)O. The Hall–Kier alpha value is -2.22. The van der Waals surface area contributed by atoms with Crippen molar-refractivity contribution in [2.24, 2.45) is 7.05 Å². The van der Waals surface area contributed by atoms with Gasteiger partial charge in [0.05, 0.1) is 11.9 Å². The molecular formula is C14H18N4O3S. The van der Waals surface area contributed by atoms with Gasteiger partial charge in [0.25, 0.3) is 5.91 Å². The quantitative estimate of drug-likeness (QED) is 0.845. The van der Waals surface area contributed by atoms with Gasteiger partial charge in [-0.15, -0.1) is 11.3 Å². The highest BCUT2D eigenvalue weighted by atomic mass is 32.1. The second-order valence-corrected chi connectivity index (χ2v) is 5.99. The summed E-state index contributed by atoms with van der Waals surface area (Å²) in [7, 11) is 1.81. The van der Waals surface area contributed by atoms with Gasteiger partial charge < -0.3 is 10.4 Å². The van der Waals surface area contributed by atoms with E-state index in [0.29, 0.717) is 28.4 Å². The average molecular weight is 322 g/mol. The van der Waals surface area contributed by atoms with E-state index in [1.54, 1.807) is 24.9 Å². The summed E-state index contributed by atoms with van der Waals surface area (Å²) in [6.45, 7) is 3.61. The minimum Gasteiger partial charge on any atom is -0.480 e. The number of carboxylic acids is 1. The van der Waals surface area contributed by atoms with Crippen LogP contribution in [0.5, 0.6) is 0 Å². The van der Waals surface area contributed by atoms with Gasteiger partial charge in [-0.3, -0.25) is 9.48 Å². The van der Waals surface area contributed by atoms with E-state index >= 15 is 0 Å². The maximum absolute atomic E-state index is 12.3. The molecule has 1 atom stereocenters. The van der Waals surface area contributed by atoms with Crippen LogP contribution >= 0.6 is 11.3 Å². The number of carbonyl (C=O) groups excluding carboxylic acids is 1. The highest BCUT2D eigenvalue weighted by molar-refractivity contribution is 7.17. The van der Waals surface area contributed by atoms with Gasteiger partial charge in [0.1, 0.15) is 15.9 Å².